The molecule has 45 heavy (non-hydrogen) atoms. The Hall–Kier alpha value is -3.11. The van der Waals surface area contributed by atoms with Gasteiger partial charge in [0.05, 0.1) is 25.2 Å². The summed E-state index contributed by atoms with van der Waals surface area (Å²) in [5.41, 5.74) is 2.86. The zero-order valence-electron chi connectivity index (χ0n) is 25.7. The van der Waals surface area contributed by atoms with Gasteiger partial charge in [-0.25, -0.2) is 14.4 Å². The molecule has 1 saturated heterocycles. The van der Waals surface area contributed by atoms with Crippen molar-refractivity contribution in [2.45, 2.75) is 65.2 Å². The average molecular weight is 671 g/mol. The minimum atomic E-state index is -4.13. The molecule has 0 bridgehead atoms. The molecule has 0 saturated carbocycles. The van der Waals surface area contributed by atoms with Crippen molar-refractivity contribution in [2.24, 2.45) is 5.41 Å². The Morgan fingerprint density at radius 1 is 1.18 bits per heavy atom. The lowest BCUT2D eigenvalue weighted by molar-refractivity contribution is -0.185. The Morgan fingerprint density at radius 2 is 1.87 bits per heavy atom. The zero-order valence-corrected chi connectivity index (χ0v) is 27.4. The molecule has 0 radical (unpaired) electrons. The summed E-state index contributed by atoms with van der Waals surface area (Å²) in [5, 5.41) is 12.0. The quantitative estimate of drug-likeness (QED) is 0.141. The van der Waals surface area contributed by atoms with Crippen LogP contribution in [-0.4, -0.2) is 75.1 Å². The number of hydrogen-bond donors (Lipinski definition) is 3. The SMILES string of the molecule is CC(=O)O[C@@H]1[C@@H](COP(=O)(NCc2ccccc2)OCCSC(=O)C(C)(C)CO)O[C@@H](n2ccc(N)nc2=O)[C@]1(C)OC(C)=O. The van der Waals surface area contributed by atoms with Crippen LogP contribution in [0.25, 0.3) is 0 Å². The number of thioether (sulfide) groups is 1. The van der Waals surface area contributed by atoms with Gasteiger partial charge < -0.3 is 25.1 Å². The van der Waals surface area contributed by atoms with Crippen LogP contribution in [0.15, 0.2) is 47.4 Å². The number of nitrogens with zero attached hydrogens (tertiary/aromatic N) is 2. The Kier molecular flexibility index (Phi) is 12.5. The zero-order chi connectivity index (χ0) is 33.4. The Bertz CT molecular complexity index is 1460. The van der Waals surface area contributed by atoms with Gasteiger partial charge in [0.1, 0.15) is 11.9 Å². The van der Waals surface area contributed by atoms with Crippen LogP contribution in [0, 0.1) is 5.41 Å². The number of anilines is 1. The second-order valence-electron chi connectivity index (χ2n) is 11.0. The van der Waals surface area contributed by atoms with E-state index in [-0.39, 0.29) is 36.4 Å². The van der Waals surface area contributed by atoms with Crippen LogP contribution in [0.1, 0.15) is 46.4 Å². The van der Waals surface area contributed by atoms with E-state index in [1.165, 1.54) is 19.2 Å². The van der Waals surface area contributed by atoms with Crippen molar-refractivity contribution in [1.82, 2.24) is 14.6 Å². The minimum absolute atomic E-state index is 0.0535. The number of nitrogens with one attached hydrogen (secondary N) is 1. The second-order valence-corrected chi connectivity index (χ2v) is 13.9. The van der Waals surface area contributed by atoms with Crippen LogP contribution in [0.2, 0.25) is 0 Å². The first kappa shape index (κ1) is 36.4. The van der Waals surface area contributed by atoms with Crippen LogP contribution in [0.5, 0.6) is 0 Å². The third-order valence-electron chi connectivity index (χ3n) is 6.71. The van der Waals surface area contributed by atoms with Crippen molar-refractivity contribution in [3.05, 3.63) is 58.6 Å². The predicted molar refractivity (Wildman–Crippen MR) is 164 cm³/mol. The van der Waals surface area contributed by atoms with Crippen molar-refractivity contribution in [2.75, 3.05) is 31.3 Å². The number of aliphatic hydroxyl groups excluding tert-OH is 1. The fourth-order valence-electron chi connectivity index (χ4n) is 4.38. The second kappa shape index (κ2) is 15.5. The number of nitrogens with two attached hydrogens (primary N) is 1. The van der Waals surface area contributed by atoms with Gasteiger partial charge in [-0.05, 0) is 32.4 Å². The lowest BCUT2D eigenvalue weighted by atomic mass is 9.95. The summed E-state index contributed by atoms with van der Waals surface area (Å²) >= 11 is 0.913. The van der Waals surface area contributed by atoms with Crippen molar-refractivity contribution < 1.29 is 47.3 Å². The lowest BCUT2D eigenvalue weighted by Gasteiger charge is -2.34. The molecule has 1 aliphatic rings. The van der Waals surface area contributed by atoms with E-state index in [0.717, 1.165) is 35.7 Å². The molecule has 1 fully saturated rings. The van der Waals surface area contributed by atoms with Crippen molar-refractivity contribution >= 4 is 42.4 Å². The smallest absolute Gasteiger partial charge is 0.405 e. The van der Waals surface area contributed by atoms with Crippen molar-refractivity contribution in [3.8, 4) is 0 Å². The topological polar surface area (TPSA) is 208 Å². The summed E-state index contributed by atoms with van der Waals surface area (Å²) in [4.78, 5) is 53.2. The number of rotatable bonds is 15. The monoisotopic (exact) mass is 670 g/mol. The molecule has 2 heterocycles. The molecule has 3 rings (SSSR count). The molecule has 5 atom stereocenters. The highest BCUT2D eigenvalue weighted by atomic mass is 32.2. The number of aliphatic hydroxyl groups is 1. The number of hydrogen-bond acceptors (Lipinski definition) is 14. The fourth-order valence-corrected chi connectivity index (χ4v) is 6.62. The van der Waals surface area contributed by atoms with Gasteiger partial charge in [0.25, 0.3) is 0 Å². The summed E-state index contributed by atoms with van der Waals surface area (Å²) in [7, 11) is -4.13. The molecule has 1 aromatic heterocycles. The molecule has 248 valence electrons. The van der Waals surface area contributed by atoms with Gasteiger partial charge in [-0.1, -0.05) is 42.1 Å². The van der Waals surface area contributed by atoms with Gasteiger partial charge in [-0.2, -0.15) is 4.98 Å². The average Bonchev–Trinajstić information content (AvgIpc) is 3.23. The molecular formula is C28H39N4O11PS. The standard InChI is InChI=1S/C28H39N4O11PS/c1-18(34)41-23-21(42-24(28(23,5)43-19(2)35)32-12-11-22(29)31-26(32)37)16-40-44(38,30-15-20-9-7-6-8-10-20)39-13-14-45-25(36)27(3,4)17-33/h6-12,21,23-24,33H,13-17H2,1-5H3,(H,30,38)(H2,29,31,37)/t21-,23-,24-,28-,44?/m1/s1. The highest BCUT2D eigenvalue weighted by Crippen LogP contribution is 2.48. The maximum Gasteiger partial charge on any atom is 0.405 e. The van der Waals surface area contributed by atoms with E-state index in [2.05, 4.69) is 10.1 Å². The number of nitrogen functional groups attached to an aromatic ring is 1. The molecule has 1 aliphatic heterocycles. The first-order valence-corrected chi connectivity index (χ1v) is 16.5. The van der Waals surface area contributed by atoms with E-state index in [1.54, 1.807) is 38.1 Å². The summed E-state index contributed by atoms with van der Waals surface area (Å²) in [6.45, 7) is 5.97. The molecule has 15 nitrogen and oxygen atoms in total. The Balaban J connectivity index is 1.86. The van der Waals surface area contributed by atoms with Crippen LogP contribution in [-0.2, 0) is 48.8 Å². The highest BCUT2D eigenvalue weighted by molar-refractivity contribution is 8.13. The van der Waals surface area contributed by atoms with Gasteiger partial charge >= 0.3 is 25.4 Å². The maximum atomic E-state index is 13.9. The maximum absolute atomic E-state index is 13.9. The molecular weight excluding hydrogens is 631 g/mol. The predicted octanol–water partition coefficient (Wildman–Crippen LogP) is 2.19. The molecule has 0 amide bonds. The van der Waals surface area contributed by atoms with E-state index >= 15 is 0 Å². The number of esters is 2. The lowest BCUT2D eigenvalue weighted by Crippen LogP contribution is -2.51. The van der Waals surface area contributed by atoms with Crippen LogP contribution in [0.4, 0.5) is 5.82 Å². The number of carbonyl (C=O) groups is 3. The van der Waals surface area contributed by atoms with Crippen molar-refractivity contribution in [3.63, 3.8) is 0 Å². The van der Waals surface area contributed by atoms with Crippen LogP contribution >= 0.6 is 19.5 Å². The van der Waals surface area contributed by atoms with E-state index in [4.69, 9.17) is 29.0 Å². The van der Waals surface area contributed by atoms with E-state index in [9.17, 15) is 28.8 Å². The summed E-state index contributed by atoms with van der Waals surface area (Å²) < 4.78 is 43.6. The van der Waals surface area contributed by atoms with Gasteiger partial charge in [0, 0.05) is 32.3 Å². The Labute approximate surface area is 264 Å². The normalized spacial score (nSPS) is 22.8. The van der Waals surface area contributed by atoms with Gasteiger partial charge in [-0.15, -0.1) is 0 Å². The first-order chi connectivity index (χ1) is 21.1. The third-order valence-corrected chi connectivity index (χ3v) is 9.45. The van der Waals surface area contributed by atoms with Gasteiger partial charge in [-0.3, -0.25) is 28.0 Å². The molecule has 2 aromatic rings. The van der Waals surface area contributed by atoms with Crippen LogP contribution in [0.3, 0.4) is 0 Å². The molecule has 1 aromatic carbocycles. The largest absolute Gasteiger partial charge is 0.455 e. The highest BCUT2D eigenvalue weighted by Gasteiger charge is 2.60. The number of aromatic nitrogens is 2. The van der Waals surface area contributed by atoms with E-state index in [0.29, 0.717) is 0 Å². The Morgan fingerprint density at radius 3 is 2.47 bits per heavy atom. The van der Waals surface area contributed by atoms with Crippen molar-refractivity contribution in [1.29, 1.82) is 0 Å². The molecule has 4 N–H and O–H groups in total. The number of benzene rings is 1. The van der Waals surface area contributed by atoms with Crippen LogP contribution < -0.4 is 16.5 Å². The first-order valence-electron chi connectivity index (χ1n) is 13.9. The van der Waals surface area contributed by atoms with E-state index in [1.807, 2.05) is 6.07 Å². The minimum Gasteiger partial charge on any atom is -0.455 e. The molecule has 0 aliphatic carbocycles. The van der Waals surface area contributed by atoms with Gasteiger partial charge in [0.2, 0.25) is 0 Å². The third kappa shape index (κ3) is 9.69. The molecule has 0 spiro atoms. The molecule has 17 heteroatoms. The summed E-state index contributed by atoms with van der Waals surface area (Å²) in [6.07, 6.45) is -2.61. The van der Waals surface area contributed by atoms with E-state index < -0.39 is 61.4 Å². The number of ether oxygens (including phenoxy) is 3. The number of carbonyl (C=O) groups excluding carboxylic acids is 3. The summed E-state index contributed by atoms with van der Waals surface area (Å²) in [5.74, 6) is -1.44. The fraction of sp³-hybridized carbons (Fsp3) is 0.536. The molecule has 1 unspecified atom stereocenters. The van der Waals surface area contributed by atoms with Gasteiger partial charge in [0.15, 0.2) is 23.0 Å². The summed E-state index contributed by atoms with van der Waals surface area (Å²) in [6, 6.07) is 10.4.